The van der Waals surface area contributed by atoms with E-state index in [-0.39, 0.29) is 27.6 Å². The van der Waals surface area contributed by atoms with E-state index in [2.05, 4.69) is 5.16 Å². The number of oxime groups is 1. The van der Waals surface area contributed by atoms with Crippen molar-refractivity contribution in [1.29, 1.82) is 0 Å². The van der Waals surface area contributed by atoms with Crippen LogP contribution in [0.15, 0.2) is 27.9 Å². The van der Waals surface area contributed by atoms with Crippen LogP contribution in [0.2, 0.25) is 5.02 Å². The smallest absolute Gasteiger partial charge is 0.173 e. The molecule has 1 aromatic carbocycles. The second-order valence-corrected chi connectivity index (χ2v) is 6.36. The topological polar surface area (TPSA) is 40.0 Å². The van der Waals surface area contributed by atoms with Gasteiger partial charge in [0.05, 0.1) is 17.3 Å². The lowest BCUT2D eigenvalue weighted by molar-refractivity contribution is 0.135. The maximum absolute atomic E-state index is 14.0. The van der Waals surface area contributed by atoms with Crippen LogP contribution < -0.4 is 9.47 Å². The van der Waals surface area contributed by atoms with Crippen molar-refractivity contribution in [2.24, 2.45) is 5.16 Å². The molecule has 0 aliphatic rings. The standard InChI is InChI=1S/C16H19Cl3FNO3/c1-11(2)21-24-7-4-3-6-23-16-13(17)9-12(10-14(16)20)22-8-5-15(18)19/h5,9-10H,3-4,6-8H2,1-2H3. The summed E-state index contributed by atoms with van der Waals surface area (Å²) < 4.78 is 24.7. The van der Waals surface area contributed by atoms with Crippen LogP contribution in [0.5, 0.6) is 11.5 Å². The maximum atomic E-state index is 14.0. The minimum atomic E-state index is -0.596. The minimum Gasteiger partial charge on any atom is -0.489 e. The first-order valence-corrected chi connectivity index (χ1v) is 8.42. The van der Waals surface area contributed by atoms with Gasteiger partial charge in [0, 0.05) is 12.1 Å². The van der Waals surface area contributed by atoms with Crippen molar-refractivity contribution in [2.75, 3.05) is 19.8 Å². The van der Waals surface area contributed by atoms with Crippen LogP contribution in [0.3, 0.4) is 0 Å². The Bertz CT molecular complexity index is 563. The Morgan fingerprint density at radius 2 is 1.88 bits per heavy atom. The zero-order valence-electron chi connectivity index (χ0n) is 13.5. The molecular weight excluding hydrogens is 380 g/mol. The summed E-state index contributed by atoms with van der Waals surface area (Å²) in [6.07, 6.45) is 2.86. The SMILES string of the molecule is CC(C)=NOCCCCOc1c(F)cc(OCC=C(Cl)Cl)cc1Cl. The Balaban J connectivity index is 2.43. The van der Waals surface area contributed by atoms with Crippen LogP contribution in [0.25, 0.3) is 0 Å². The fraction of sp³-hybridized carbons (Fsp3) is 0.438. The highest BCUT2D eigenvalue weighted by Gasteiger charge is 2.12. The number of benzene rings is 1. The summed E-state index contributed by atoms with van der Waals surface area (Å²) in [4.78, 5) is 5.06. The average molecular weight is 399 g/mol. The second-order valence-electron chi connectivity index (χ2n) is 4.95. The number of rotatable bonds is 10. The van der Waals surface area contributed by atoms with Crippen LogP contribution in [-0.4, -0.2) is 25.5 Å². The Kier molecular flexibility index (Phi) is 9.91. The van der Waals surface area contributed by atoms with Gasteiger partial charge in [-0.25, -0.2) is 4.39 Å². The molecule has 0 atom stereocenters. The van der Waals surface area contributed by atoms with Gasteiger partial charge in [-0.05, 0) is 32.8 Å². The summed E-state index contributed by atoms with van der Waals surface area (Å²) in [7, 11) is 0. The van der Waals surface area contributed by atoms with E-state index in [1.165, 1.54) is 18.2 Å². The predicted octanol–water partition coefficient (Wildman–Crippen LogP) is 5.75. The molecule has 0 amide bonds. The average Bonchev–Trinajstić information content (AvgIpc) is 2.47. The van der Waals surface area contributed by atoms with E-state index in [1.54, 1.807) is 0 Å². The minimum absolute atomic E-state index is 0.00160. The van der Waals surface area contributed by atoms with E-state index in [9.17, 15) is 4.39 Å². The number of halogens is 4. The Hall–Kier alpha value is -1.17. The van der Waals surface area contributed by atoms with Crippen LogP contribution in [0.4, 0.5) is 4.39 Å². The fourth-order valence-corrected chi connectivity index (χ4v) is 1.95. The Morgan fingerprint density at radius 3 is 2.50 bits per heavy atom. The van der Waals surface area contributed by atoms with E-state index >= 15 is 0 Å². The van der Waals surface area contributed by atoms with Crippen molar-refractivity contribution in [3.05, 3.63) is 33.5 Å². The first-order chi connectivity index (χ1) is 11.4. The molecule has 0 saturated heterocycles. The molecule has 134 valence electrons. The van der Waals surface area contributed by atoms with Crippen molar-refractivity contribution < 1.29 is 18.7 Å². The molecule has 8 heteroatoms. The molecule has 0 radical (unpaired) electrons. The molecule has 0 bridgehead atoms. The molecule has 4 nitrogen and oxygen atoms in total. The molecule has 0 aliphatic heterocycles. The third-order valence-electron chi connectivity index (χ3n) is 2.58. The highest BCUT2D eigenvalue weighted by atomic mass is 35.5. The predicted molar refractivity (Wildman–Crippen MR) is 96.2 cm³/mol. The number of unbranched alkanes of at least 4 members (excludes halogenated alkanes) is 1. The first-order valence-electron chi connectivity index (χ1n) is 7.29. The van der Waals surface area contributed by atoms with E-state index in [0.29, 0.717) is 19.6 Å². The molecule has 24 heavy (non-hydrogen) atoms. The first kappa shape index (κ1) is 20.9. The number of nitrogens with zero attached hydrogens (tertiary/aromatic N) is 1. The Labute approximate surface area is 156 Å². The monoisotopic (exact) mass is 397 g/mol. The highest BCUT2D eigenvalue weighted by molar-refractivity contribution is 6.55. The zero-order chi connectivity index (χ0) is 17.9. The van der Waals surface area contributed by atoms with Crippen LogP contribution in [0, 0.1) is 5.82 Å². The Morgan fingerprint density at radius 1 is 1.17 bits per heavy atom. The van der Waals surface area contributed by atoms with Crippen LogP contribution in [0.1, 0.15) is 26.7 Å². The summed E-state index contributed by atoms with van der Waals surface area (Å²) in [5.74, 6) is -0.337. The van der Waals surface area contributed by atoms with Crippen molar-refractivity contribution in [3.63, 3.8) is 0 Å². The molecule has 0 heterocycles. The van der Waals surface area contributed by atoms with Gasteiger partial charge in [0.15, 0.2) is 11.6 Å². The highest BCUT2D eigenvalue weighted by Crippen LogP contribution is 2.32. The van der Waals surface area contributed by atoms with E-state index in [4.69, 9.17) is 49.1 Å². The summed E-state index contributed by atoms with van der Waals surface area (Å²) >= 11 is 16.9. The summed E-state index contributed by atoms with van der Waals surface area (Å²) in [6.45, 7) is 4.61. The number of ether oxygens (including phenoxy) is 2. The van der Waals surface area contributed by atoms with E-state index in [0.717, 1.165) is 12.1 Å². The second kappa shape index (κ2) is 11.4. The van der Waals surface area contributed by atoms with E-state index in [1.807, 2.05) is 13.8 Å². The maximum Gasteiger partial charge on any atom is 0.173 e. The van der Waals surface area contributed by atoms with Gasteiger partial charge < -0.3 is 14.3 Å². The quantitative estimate of drug-likeness (QED) is 0.286. The lowest BCUT2D eigenvalue weighted by Gasteiger charge is -2.11. The van der Waals surface area contributed by atoms with Gasteiger partial charge in [0.2, 0.25) is 0 Å². The normalized spacial score (nSPS) is 10.1. The van der Waals surface area contributed by atoms with Crippen molar-refractivity contribution in [3.8, 4) is 11.5 Å². The van der Waals surface area contributed by atoms with Gasteiger partial charge >= 0.3 is 0 Å². The fourth-order valence-electron chi connectivity index (χ4n) is 1.58. The molecule has 1 rings (SSSR count). The molecule has 0 N–H and O–H groups in total. The number of hydrogen-bond donors (Lipinski definition) is 0. The third kappa shape index (κ3) is 8.62. The molecule has 1 aromatic rings. The molecule has 0 fully saturated rings. The molecular formula is C16H19Cl3FNO3. The molecule has 0 spiro atoms. The van der Waals surface area contributed by atoms with Gasteiger partial charge in [0.1, 0.15) is 23.5 Å². The molecule has 0 unspecified atom stereocenters. The number of hydrogen-bond acceptors (Lipinski definition) is 4. The van der Waals surface area contributed by atoms with Crippen LogP contribution >= 0.6 is 34.8 Å². The molecule has 0 aromatic heterocycles. The van der Waals surface area contributed by atoms with Gasteiger partial charge in [-0.2, -0.15) is 0 Å². The lowest BCUT2D eigenvalue weighted by Crippen LogP contribution is -2.03. The van der Waals surface area contributed by atoms with Crippen LogP contribution in [-0.2, 0) is 4.84 Å². The molecule has 0 aliphatic carbocycles. The van der Waals surface area contributed by atoms with E-state index < -0.39 is 5.82 Å². The van der Waals surface area contributed by atoms with Crippen molar-refractivity contribution in [2.45, 2.75) is 26.7 Å². The van der Waals surface area contributed by atoms with Gasteiger partial charge in [-0.15, -0.1) is 0 Å². The summed E-state index contributed by atoms with van der Waals surface area (Å²) in [6, 6.07) is 2.66. The summed E-state index contributed by atoms with van der Waals surface area (Å²) in [5, 5.41) is 3.95. The largest absolute Gasteiger partial charge is 0.489 e. The van der Waals surface area contributed by atoms with Crippen molar-refractivity contribution >= 4 is 40.5 Å². The van der Waals surface area contributed by atoms with Crippen molar-refractivity contribution in [1.82, 2.24) is 0 Å². The van der Waals surface area contributed by atoms with Gasteiger partial charge in [-0.3, -0.25) is 0 Å². The summed E-state index contributed by atoms with van der Waals surface area (Å²) in [5.41, 5.74) is 0.853. The lowest BCUT2D eigenvalue weighted by atomic mass is 10.3. The molecule has 0 saturated carbocycles. The third-order valence-corrected chi connectivity index (χ3v) is 3.17. The van der Waals surface area contributed by atoms with Gasteiger partial charge in [-0.1, -0.05) is 40.0 Å². The zero-order valence-corrected chi connectivity index (χ0v) is 15.7. The van der Waals surface area contributed by atoms with Gasteiger partial charge in [0.25, 0.3) is 0 Å².